The molecule has 0 aromatic carbocycles. The molecule has 0 N–H and O–H groups in total. The molecule has 0 saturated heterocycles. The minimum atomic E-state index is -0.181. The Morgan fingerprint density at radius 3 is 1.33 bits per heavy atom. The molecule has 0 aliphatic carbocycles. The molecule has 15 heavy (non-hydrogen) atoms. The maximum absolute atomic E-state index is 6.73. The molecule has 0 aliphatic heterocycles. The summed E-state index contributed by atoms with van der Waals surface area (Å²) in [5, 5.41) is 0. The molecule has 0 aromatic rings. The van der Waals surface area contributed by atoms with E-state index in [0.717, 1.165) is 0 Å². The Morgan fingerprint density at radius 1 is 0.933 bits per heavy atom. The second kappa shape index (κ2) is 9.91. The Balaban J connectivity index is 0. The van der Waals surface area contributed by atoms with E-state index < -0.39 is 0 Å². The summed E-state index contributed by atoms with van der Waals surface area (Å²) in [7, 11) is -0.292. The van der Waals surface area contributed by atoms with Gasteiger partial charge in [-0.1, -0.05) is 27.7 Å². The number of hydrogen-bond acceptors (Lipinski definition) is 0. The second-order valence-corrected chi connectivity index (χ2v) is 10.9. The minimum absolute atomic E-state index is 0. The molecule has 0 amide bonds. The maximum atomic E-state index is 6.73. The van der Waals surface area contributed by atoms with Crippen molar-refractivity contribution in [2.24, 2.45) is 0 Å². The van der Waals surface area contributed by atoms with Crippen molar-refractivity contribution in [1.29, 1.82) is 0 Å². The van der Waals surface area contributed by atoms with Crippen LogP contribution in [0.25, 0.3) is 0 Å². The molecule has 0 aromatic heterocycles. The molecule has 0 aliphatic rings. The fourth-order valence-corrected chi connectivity index (χ4v) is 10.2. The monoisotopic (exact) mass is 331 g/mol. The molecule has 0 nitrogen and oxygen atoms in total. The van der Waals surface area contributed by atoms with Crippen molar-refractivity contribution in [3.8, 4) is 0 Å². The van der Waals surface area contributed by atoms with Crippen LogP contribution in [0.1, 0.15) is 27.7 Å². The van der Waals surface area contributed by atoms with E-state index in [1.54, 1.807) is 5.88 Å². The molecule has 0 radical (unpaired) electrons. The molecule has 5 heteroatoms. The number of hydrogen-bond donors (Lipinski definition) is 0. The maximum Gasteiger partial charge on any atom is 0 e. The molecule has 0 spiro atoms. The van der Waals surface area contributed by atoms with E-state index in [-0.39, 0.29) is 36.7 Å². The van der Waals surface area contributed by atoms with Gasteiger partial charge in [0.25, 0.3) is 0 Å². The Kier molecular flexibility index (Phi) is 12.7. The molecule has 0 atom stereocenters. The fraction of sp³-hybridized carbons (Fsp3) is 0.900. The zero-order valence-electron chi connectivity index (χ0n) is 9.87. The summed E-state index contributed by atoms with van der Waals surface area (Å²) in [5.74, 6) is 1.76. The van der Waals surface area contributed by atoms with Crippen LogP contribution < -0.4 is 0 Å². The third-order valence-corrected chi connectivity index (χ3v) is 11.6. The average Bonchev–Trinajstić information content (AvgIpc) is 2.21. The van der Waals surface area contributed by atoms with Crippen LogP contribution in [0.4, 0.5) is 0 Å². The number of halogens is 2. The van der Waals surface area contributed by atoms with Crippen molar-refractivity contribution in [1.82, 2.24) is 0 Å². The van der Waals surface area contributed by atoms with Crippen molar-refractivity contribution < 1.29 is 16.5 Å². The molecule has 0 fully saturated rings. The van der Waals surface area contributed by atoms with Gasteiger partial charge >= 0.3 is 0 Å². The van der Waals surface area contributed by atoms with Crippen molar-refractivity contribution in [3.05, 3.63) is 5.88 Å². The largest absolute Gasteiger partial charge is 0.347 e. The van der Waals surface area contributed by atoms with E-state index in [4.69, 9.17) is 23.2 Å². The van der Waals surface area contributed by atoms with Crippen molar-refractivity contribution in [2.75, 3.05) is 24.6 Å². The van der Waals surface area contributed by atoms with Gasteiger partial charge in [-0.15, -0.1) is 27.4 Å². The molecule has 0 unspecified atom stereocenters. The standard InChI is InChI=1S/C10H21Cl2P2.Ni/c1-5-13(6-2)10(12,9-11)14(7-3)8-4;/h9H,5-8H2,1-4H3;/q-1;. The van der Waals surface area contributed by atoms with Gasteiger partial charge in [-0.3, -0.25) is 0 Å². The van der Waals surface area contributed by atoms with Crippen LogP contribution in [0.3, 0.4) is 0 Å². The summed E-state index contributed by atoms with van der Waals surface area (Å²) in [6, 6.07) is 0. The van der Waals surface area contributed by atoms with Gasteiger partial charge in [0, 0.05) is 16.5 Å². The summed E-state index contributed by atoms with van der Waals surface area (Å²) in [6.45, 7) is 8.91. The predicted octanol–water partition coefficient (Wildman–Crippen LogP) is 5.32. The van der Waals surface area contributed by atoms with Crippen LogP contribution in [0.2, 0.25) is 0 Å². The van der Waals surface area contributed by atoms with E-state index in [2.05, 4.69) is 27.7 Å². The molecule has 0 rings (SSSR count). The Hall–Kier alpha value is 1.93. The normalized spacial score (nSPS) is 12.0. The molecule has 0 saturated carbocycles. The topological polar surface area (TPSA) is 0 Å². The van der Waals surface area contributed by atoms with Crippen LogP contribution in [0.5, 0.6) is 0 Å². The number of alkyl halides is 1. The zero-order valence-corrected chi connectivity index (χ0v) is 14.2. The van der Waals surface area contributed by atoms with E-state index >= 15 is 0 Å². The average molecular weight is 333 g/mol. The first-order valence-corrected chi connectivity index (χ1v) is 9.48. The molecular formula is C10H21Cl2NiP2-. The Morgan fingerprint density at radius 2 is 1.20 bits per heavy atom. The van der Waals surface area contributed by atoms with Gasteiger partial charge in [0.05, 0.1) is 0 Å². The summed E-state index contributed by atoms with van der Waals surface area (Å²) in [6.07, 6.45) is 4.71. The van der Waals surface area contributed by atoms with Gasteiger partial charge in [-0.2, -0.15) is 0 Å². The van der Waals surface area contributed by atoms with Crippen molar-refractivity contribution in [2.45, 2.75) is 32.1 Å². The van der Waals surface area contributed by atoms with E-state index in [1.807, 2.05) is 0 Å². The van der Waals surface area contributed by atoms with Crippen molar-refractivity contribution >= 4 is 39.0 Å². The van der Waals surface area contributed by atoms with E-state index in [9.17, 15) is 0 Å². The molecular weight excluding hydrogens is 312 g/mol. The van der Waals surface area contributed by atoms with Crippen LogP contribution >= 0.6 is 39.0 Å². The van der Waals surface area contributed by atoms with Crippen molar-refractivity contribution in [3.63, 3.8) is 0 Å². The van der Waals surface area contributed by atoms with Gasteiger partial charge in [0.2, 0.25) is 0 Å². The number of rotatable bonds is 7. The summed E-state index contributed by atoms with van der Waals surface area (Å²) >= 11 is 12.7. The van der Waals surface area contributed by atoms with Crippen LogP contribution in [0, 0.1) is 5.88 Å². The quantitative estimate of drug-likeness (QED) is 0.256. The van der Waals surface area contributed by atoms with Gasteiger partial charge in [0.15, 0.2) is 0 Å². The smallest absolute Gasteiger partial charge is 0 e. The minimum Gasteiger partial charge on any atom is -0.347 e. The first kappa shape index (κ1) is 19.3. The summed E-state index contributed by atoms with van der Waals surface area (Å²) in [4.78, 5) is 0. The van der Waals surface area contributed by atoms with E-state index in [1.165, 1.54) is 24.6 Å². The Bertz CT molecular complexity index is 138. The van der Waals surface area contributed by atoms with Crippen LogP contribution in [-0.4, -0.2) is 29.0 Å². The third-order valence-electron chi connectivity index (χ3n) is 2.55. The van der Waals surface area contributed by atoms with Gasteiger partial charge in [-0.25, -0.2) is 5.88 Å². The third kappa shape index (κ3) is 4.98. The fourth-order valence-electron chi connectivity index (χ4n) is 1.67. The van der Waals surface area contributed by atoms with Gasteiger partial charge < -0.3 is 11.6 Å². The zero-order chi connectivity index (χ0) is 11.2. The van der Waals surface area contributed by atoms with Crippen LogP contribution in [-0.2, 0) is 16.5 Å². The summed E-state index contributed by atoms with van der Waals surface area (Å²) in [5.41, 5.74) is 0. The molecule has 96 valence electrons. The summed E-state index contributed by atoms with van der Waals surface area (Å²) < 4.78 is -0.181. The van der Waals surface area contributed by atoms with Crippen LogP contribution in [0.15, 0.2) is 0 Å². The van der Waals surface area contributed by atoms with E-state index in [0.29, 0.717) is 0 Å². The van der Waals surface area contributed by atoms with Gasteiger partial charge in [-0.05, 0) is 29.0 Å². The molecule has 0 heterocycles. The first-order valence-electron chi connectivity index (χ1n) is 5.24. The predicted molar refractivity (Wildman–Crippen MR) is 74.7 cm³/mol. The Labute approximate surface area is 118 Å². The van der Waals surface area contributed by atoms with Gasteiger partial charge in [0.1, 0.15) is 0 Å². The SMILES string of the molecule is CCP(CC)C(Cl)([CH-]Cl)P(CC)CC.[Ni]. The first-order chi connectivity index (χ1) is 6.60. The molecule has 0 bridgehead atoms. The second-order valence-electron chi connectivity index (χ2n) is 3.09.